The molecule has 0 saturated carbocycles. The van der Waals surface area contributed by atoms with Crippen LogP contribution in [-0.4, -0.2) is 40.9 Å². The lowest BCUT2D eigenvalue weighted by Crippen LogP contribution is -2.21. The Labute approximate surface area is 116 Å². The molecule has 1 fully saturated rings. The molecule has 0 spiro atoms. The monoisotopic (exact) mass is 275 g/mol. The Balaban J connectivity index is 2.05. The standard InChI is InChI=1S/C13H17N5O2/c1-15-13(19)9-2-3-10-11(16-9)12(14)17-18(10)8-4-6-20-7-5-8/h2-3,8H,4-7H2,1H3,(H2,14,17)(H,15,19). The number of carbonyl (C=O) groups excluding carboxylic acids is 1. The lowest BCUT2D eigenvalue weighted by molar-refractivity contribution is 0.0675. The quantitative estimate of drug-likeness (QED) is 0.842. The van der Waals surface area contributed by atoms with Gasteiger partial charge in [0.15, 0.2) is 5.82 Å². The molecule has 20 heavy (non-hydrogen) atoms. The molecule has 0 aromatic carbocycles. The van der Waals surface area contributed by atoms with E-state index in [-0.39, 0.29) is 11.9 Å². The molecule has 0 radical (unpaired) electrons. The van der Waals surface area contributed by atoms with Gasteiger partial charge < -0.3 is 15.8 Å². The first-order valence-corrected chi connectivity index (χ1v) is 6.65. The molecule has 1 aliphatic heterocycles. The maximum absolute atomic E-state index is 11.6. The Hall–Kier alpha value is -2.15. The highest BCUT2D eigenvalue weighted by Gasteiger charge is 2.21. The van der Waals surface area contributed by atoms with Crippen molar-refractivity contribution < 1.29 is 9.53 Å². The van der Waals surface area contributed by atoms with Crippen molar-refractivity contribution in [1.29, 1.82) is 0 Å². The van der Waals surface area contributed by atoms with E-state index in [4.69, 9.17) is 10.5 Å². The van der Waals surface area contributed by atoms with Gasteiger partial charge in [-0.15, -0.1) is 0 Å². The van der Waals surface area contributed by atoms with Gasteiger partial charge >= 0.3 is 0 Å². The molecule has 3 rings (SSSR count). The van der Waals surface area contributed by atoms with Crippen molar-refractivity contribution in [2.24, 2.45) is 0 Å². The average molecular weight is 275 g/mol. The highest BCUT2D eigenvalue weighted by atomic mass is 16.5. The van der Waals surface area contributed by atoms with Gasteiger partial charge in [-0.25, -0.2) is 4.98 Å². The number of aromatic nitrogens is 3. The number of ether oxygens (including phenoxy) is 1. The summed E-state index contributed by atoms with van der Waals surface area (Å²) in [4.78, 5) is 15.9. The normalized spacial score (nSPS) is 16.4. The maximum Gasteiger partial charge on any atom is 0.269 e. The van der Waals surface area contributed by atoms with Gasteiger partial charge in [0.2, 0.25) is 0 Å². The fourth-order valence-electron chi connectivity index (χ4n) is 2.51. The molecule has 0 aliphatic carbocycles. The van der Waals surface area contributed by atoms with Crippen molar-refractivity contribution in [3.63, 3.8) is 0 Å². The van der Waals surface area contributed by atoms with Gasteiger partial charge in [0.25, 0.3) is 5.91 Å². The average Bonchev–Trinajstić information content (AvgIpc) is 2.84. The fourth-order valence-corrected chi connectivity index (χ4v) is 2.51. The molecule has 0 unspecified atom stereocenters. The van der Waals surface area contributed by atoms with Gasteiger partial charge in [-0.1, -0.05) is 0 Å². The Morgan fingerprint density at radius 1 is 1.45 bits per heavy atom. The summed E-state index contributed by atoms with van der Waals surface area (Å²) in [6.07, 6.45) is 1.82. The number of hydrogen-bond donors (Lipinski definition) is 2. The molecule has 3 heterocycles. The summed E-state index contributed by atoms with van der Waals surface area (Å²) in [5, 5.41) is 6.93. The predicted molar refractivity (Wildman–Crippen MR) is 74.4 cm³/mol. The van der Waals surface area contributed by atoms with E-state index < -0.39 is 0 Å². The summed E-state index contributed by atoms with van der Waals surface area (Å²) in [6, 6.07) is 3.82. The second kappa shape index (κ2) is 5.09. The van der Waals surface area contributed by atoms with Crippen LogP contribution in [0.4, 0.5) is 5.82 Å². The lowest BCUT2D eigenvalue weighted by Gasteiger charge is -2.22. The minimum absolute atomic E-state index is 0.231. The number of nitrogens with zero attached hydrogens (tertiary/aromatic N) is 3. The Morgan fingerprint density at radius 3 is 2.90 bits per heavy atom. The van der Waals surface area contributed by atoms with Gasteiger partial charge in [-0.3, -0.25) is 9.48 Å². The van der Waals surface area contributed by atoms with Gasteiger partial charge in [-0.05, 0) is 25.0 Å². The zero-order valence-electron chi connectivity index (χ0n) is 11.3. The van der Waals surface area contributed by atoms with E-state index in [1.807, 2.05) is 10.7 Å². The number of nitrogens with one attached hydrogen (secondary N) is 1. The summed E-state index contributed by atoms with van der Waals surface area (Å²) in [6.45, 7) is 1.46. The topological polar surface area (TPSA) is 95.1 Å². The summed E-state index contributed by atoms with van der Waals surface area (Å²) < 4.78 is 7.27. The third-order valence-corrected chi connectivity index (χ3v) is 3.58. The van der Waals surface area contributed by atoms with E-state index in [1.165, 1.54) is 0 Å². The zero-order valence-corrected chi connectivity index (χ0v) is 11.3. The van der Waals surface area contributed by atoms with Crippen LogP contribution in [0.15, 0.2) is 12.1 Å². The minimum atomic E-state index is -0.231. The highest BCUT2D eigenvalue weighted by Crippen LogP contribution is 2.27. The number of fused-ring (bicyclic) bond motifs is 1. The van der Waals surface area contributed by atoms with Crippen LogP contribution in [0.2, 0.25) is 0 Å². The molecular weight excluding hydrogens is 258 g/mol. The van der Waals surface area contributed by atoms with Crippen LogP contribution in [0.3, 0.4) is 0 Å². The van der Waals surface area contributed by atoms with Crippen LogP contribution in [0.5, 0.6) is 0 Å². The molecule has 1 saturated heterocycles. The number of rotatable bonds is 2. The van der Waals surface area contributed by atoms with Crippen LogP contribution in [0.1, 0.15) is 29.4 Å². The number of anilines is 1. The molecule has 0 atom stereocenters. The second-order valence-corrected chi connectivity index (χ2v) is 4.82. The Morgan fingerprint density at radius 2 is 2.20 bits per heavy atom. The molecule has 2 aromatic heterocycles. The van der Waals surface area contributed by atoms with Crippen molar-refractivity contribution in [2.45, 2.75) is 18.9 Å². The highest BCUT2D eigenvalue weighted by molar-refractivity contribution is 5.96. The van der Waals surface area contributed by atoms with Gasteiger partial charge in [-0.2, -0.15) is 5.10 Å². The smallest absolute Gasteiger partial charge is 0.269 e. The van der Waals surface area contributed by atoms with Crippen LogP contribution < -0.4 is 11.1 Å². The predicted octanol–water partition coefficient (Wildman–Crippen LogP) is 0.725. The first-order valence-electron chi connectivity index (χ1n) is 6.65. The molecular formula is C13H17N5O2. The Bertz CT molecular complexity index is 645. The molecule has 1 amide bonds. The van der Waals surface area contributed by atoms with E-state index in [2.05, 4.69) is 15.4 Å². The first kappa shape index (κ1) is 12.9. The number of nitrogen functional groups attached to an aromatic ring is 1. The van der Waals surface area contributed by atoms with Gasteiger partial charge in [0.1, 0.15) is 11.2 Å². The fraction of sp³-hybridized carbons (Fsp3) is 0.462. The van der Waals surface area contributed by atoms with Crippen LogP contribution in [0, 0.1) is 0 Å². The largest absolute Gasteiger partial charge is 0.381 e. The SMILES string of the molecule is CNC(=O)c1ccc2c(n1)c(N)nn2C1CCOCC1. The van der Waals surface area contributed by atoms with E-state index in [9.17, 15) is 4.79 Å². The van der Waals surface area contributed by atoms with Gasteiger partial charge in [0, 0.05) is 20.3 Å². The number of nitrogens with two attached hydrogens (primary N) is 1. The molecule has 2 aromatic rings. The molecule has 7 nitrogen and oxygen atoms in total. The van der Waals surface area contributed by atoms with Crippen molar-refractivity contribution in [1.82, 2.24) is 20.1 Å². The molecule has 7 heteroatoms. The van der Waals surface area contributed by atoms with Gasteiger partial charge in [0.05, 0.1) is 11.6 Å². The zero-order chi connectivity index (χ0) is 14.1. The van der Waals surface area contributed by atoms with E-state index in [0.29, 0.717) is 17.0 Å². The third-order valence-electron chi connectivity index (χ3n) is 3.58. The lowest BCUT2D eigenvalue weighted by atomic mass is 10.1. The van der Waals surface area contributed by atoms with Crippen LogP contribution in [-0.2, 0) is 4.74 Å². The molecule has 3 N–H and O–H groups in total. The van der Waals surface area contributed by atoms with Crippen molar-refractivity contribution in [3.8, 4) is 0 Å². The van der Waals surface area contributed by atoms with Crippen LogP contribution >= 0.6 is 0 Å². The minimum Gasteiger partial charge on any atom is -0.381 e. The van der Waals surface area contributed by atoms with Crippen LogP contribution in [0.25, 0.3) is 11.0 Å². The van der Waals surface area contributed by atoms with Crippen molar-refractivity contribution >= 4 is 22.8 Å². The molecule has 106 valence electrons. The number of hydrogen-bond acceptors (Lipinski definition) is 5. The Kier molecular flexibility index (Phi) is 3.27. The van der Waals surface area contributed by atoms with Crippen molar-refractivity contribution in [2.75, 3.05) is 26.0 Å². The number of pyridine rings is 1. The molecule has 0 bridgehead atoms. The molecule has 1 aliphatic rings. The third kappa shape index (κ3) is 2.09. The maximum atomic E-state index is 11.6. The van der Waals surface area contributed by atoms with E-state index >= 15 is 0 Å². The van der Waals surface area contributed by atoms with E-state index in [1.54, 1.807) is 13.1 Å². The second-order valence-electron chi connectivity index (χ2n) is 4.82. The van der Waals surface area contributed by atoms with E-state index in [0.717, 1.165) is 31.6 Å². The summed E-state index contributed by atoms with van der Waals surface area (Å²) >= 11 is 0. The summed E-state index contributed by atoms with van der Waals surface area (Å²) in [7, 11) is 1.57. The van der Waals surface area contributed by atoms with Crippen molar-refractivity contribution in [3.05, 3.63) is 17.8 Å². The summed E-state index contributed by atoms with van der Waals surface area (Å²) in [5.41, 5.74) is 7.73. The first-order chi connectivity index (χ1) is 9.70. The number of carbonyl (C=O) groups is 1. The number of amides is 1. The summed E-state index contributed by atoms with van der Waals surface area (Å²) in [5.74, 6) is 0.127.